The van der Waals surface area contributed by atoms with E-state index in [-0.39, 0.29) is 33.3 Å². The third kappa shape index (κ3) is 5.08. The normalized spacial score (nSPS) is 11.7. The molecule has 7 nitrogen and oxygen atoms in total. The van der Waals surface area contributed by atoms with E-state index in [0.717, 1.165) is 31.0 Å². The van der Waals surface area contributed by atoms with Crippen molar-refractivity contribution in [1.29, 1.82) is 5.26 Å². The molecule has 2 aromatic carbocycles. The number of aromatic hydroxyl groups is 1. The van der Waals surface area contributed by atoms with Gasteiger partial charge in [0.2, 0.25) is 0 Å². The molecule has 0 saturated carbocycles. The number of carbonyl (C=O) groups excluding carboxylic acids is 1. The first-order valence-electron chi connectivity index (χ1n) is 7.90. The van der Waals surface area contributed by atoms with Crippen LogP contribution in [0.4, 0.5) is 19.3 Å². The van der Waals surface area contributed by atoms with Gasteiger partial charge >= 0.3 is 6.09 Å². The fourth-order valence-electron chi connectivity index (χ4n) is 2.21. The number of nitriles is 1. The van der Waals surface area contributed by atoms with Gasteiger partial charge in [0.25, 0.3) is 0 Å². The summed E-state index contributed by atoms with van der Waals surface area (Å²) in [4.78, 5) is 19.6. The van der Waals surface area contributed by atoms with Crippen molar-refractivity contribution in [3.8, 4) is 17.6 Å². The van der Waals surface area contributed by atoms with Crippen LogP contribution in [0, 0.1) is 23.0 Å². The molecule has 29 heavy (non-hydrogen) atoms. The monoisotopic (exact) mass is 419 g/mol. The van der Waals surface area contributed by atoms with E-state index in [2.05, 4.69) is 14.7 Å². The molecular formula is C19H15F2N3O4S. The Bertz CT molecular complexity index is 1050. The van der Waals surface area contributed by atoms with Crippen LogP contribution < -0.4 is 4.74 Å². The molecule has 1 N–H and O–H groups in total. The second-order valence-electron chi connectivity index (χ2n) is 5.34. The number of aliphatic imine (C=N–C) groups is 2. The van der Waals surface area contributed by atoms with Gasteiger partial charge in [0.15, 0.2) is 11.6 Å². The van der Waals surface area contributed by atoms with Crippen LogP contribution in [0.3, 0.4) is 0 Å². The SMILES string of the molecule is COC(=O)/N=C(SC)/C(=N/c1ccc(C#N)c(F)c1)c1cc(OC)cc(O)c1F. The molecule has 0 aromatic heterocycles. The van der Waals surface area contributed by atoms with Crippen LogP contribution >= 0.6 is 11.8 Å². The van der Waals surface area contributed by atoms with E-state index in [1.165, 1.54) is 25.3 Å². The molecule has 0 saturated heterocycles. The lowest BCUT2D eigenvalue weighted by molar-refractivity contribution is 0.183. The molecule has 10 heteroatoms. The van der Waals surface area contributed by atoms with Crippen molar-refractivity contribution in [2.45, 2.75) is 0 Å². The van der Waals surface area contributed by atoms with Crippen molar-refractivity contribution in [3.63, 3.8) is 0 Å². The summed E-state index contributed by atoms with van der Waals surface area (Å²) < 4.78 is 38.2. The number of ether oxygens (including phenoxy) is 2. The first-order valence-corrected chi connectivity index (χ1v) is 9.13. The maximum atomic E-state index is 14.7. The van der Waals surface area contributed by atoms with E-state index < -0.39 is 23.5 Å². The van der Waals surface area contributed by atoms with Crippen LogP contribution in [0.5, 0.6) is 11.5 Å². The van der Waals surface area contributed by atoms with Gasteiger partial charge in [0, 0.05) is 17.7 Å². The fourth-order valence-corrected chi connectivity index (χ4v) is 2.73. The van der Waals surface area contributed by atoms with Crippen molar-refractivity contribution in [1.82, 2.24) is 0 Å². The number of halogens is 2. The van der Waals surface area contributed by atoms with Crippen molar-refractivity contribution in [3.05, 3.63) is 53.1 Å². The Hall–Kier alpha value is -3.45. The van der Waals surface area contributed by atoms with Gasteiger partial charge in [-0.05, 0) is 24.5 Å². The van der Waals surface area contributed by atoms with Crippen LogP contribution in [0.25, 0.3) is 0 Å². The highest BCUT2D eigenvalue weighted by molar-refractivity contribution is 8.15. The standard InChI is InChI=1S/C19H15F2N3O4S/c1-27-12-7-13(16(21)15(25)8-12)17(18(29-3)24-19(26)28-2)23-11-5-4-10(9-22)14(20)6-11/h4-8,25H,1-3H3/b23-17+,24-18-. The van der Waals surface area contributed by atoms with Gasteiger partial charge in [-0.1, -0.05) is 0 Å². The number of rotatable bonds is 4. The second-order valence-corrected chi connectivity index (χ2v) is 6.13. The van der Waals surface area contributed by atoms with Crippen molar-refractivity contribution in [2.24, 2.45) is 9.98 Å². The number of hydrogen-bond donors (Lipinski definition) is 1. The lowest BCUT2D eigenvalue weighted by Crippen LogP contribution is -2.16. The highest BCUT2D eigenvalue weighted by atomic mass is 32.2. The van der Waals surface area contributed by atoms with Crippen molar-refractivity contribution in [2.75, 3.05) is 20.5 Å². The topological polar surface area (TPSA) is 104 Å². The largest absolute Gasteiger partial charge is 0.505 e. The summed E-state index contributed by atoms with van der Waals surface area (Å²) in [5.41, 5.74) is -0.559. The number of nitrogens with zero attached hydrogens (tertiary/aromatic N) is 3. The fraction of sp³-hybridized carbons (Fsp3) is 0.158. The van der Waals surface area contributed by atoms with E-state index in [4.69, 9.17) is 10.00 Å². The van der Waals surface area contributed by atoms with Gasteiger partial charge in [0.1, 0.15) is 28.4 Å². The number of thioether (sulfide) groups is 1. The molecule has 0 unspecified atom stereocenters. The Morgan fingerprint density at radius 1 is 1.24 bits per heavy atom. The molecular weight excluding hydrogens is 404 g/mol. The minimum Gasteiger partial charge on any atom is -0.505 e. The maximum Gasteiger partial charge on any atom is 0.434 e. The molecule has 0 heterocycles. The predicted molar refractivity (Wildman–Crippen MR) is 105 cm³/mol. The zero-order chi connectivity index (χ0) is 21.6. The summed E-state index contributed by atoms with van der Waals surface area (Å²) in [5.74, 6) is -2.45. The van der Waals surface area contributed by atoms with Gasteiger partial charge < -0.3 is 14.6 Å². The van der Waals surface area contributed by atoms with Gasteiger partial charge in [-0.15, -0.1) is 11.8 Å². The van der Waals surface area contributed by atoms with Crippen LogP contribution in [0.15, 0.2) is 40.3 Å². The van der Waals surface area contributed by atoms with Crippen molar-refractivity contribution >= 4 is 34.3 Å². The molecule has 0 aliphatic heterocycles. The highest BCUT2D eigenvalue weighted by Gasteiger charge is 2.21. The molecule has 0 radical (unpaired) electrons. The van der Waals surface area contributed by atoms with E-state index in [0.29, 0.717) is 0 Å². The van der Waals surface area contributed by atoms with Crippen LogP contribution in [-0.4, -0.2) is 42.4 Å². The van der Waals surface area contributed by atoms with Gasteiger partial charge in [-0.2, -0.15) is 10.3 Å². The van der Waals surface area contributed by atoms with Gasteiger partial charge in [0.05, 0.1) is 25.5 Å². The number of amides is 1. The molecule has 0 aliphatic rings. The second kappa shape index (κ2) is 9.66. The van der Waals surface area contributed by atoms with Crippen molar-refractivity contribution < 1.29 is 28.2 Å². The predicted octanol–water partition coefficient (Wildman–Crippen LogP) is 4.20. The lowest BCUT2D eigenvalue weighted by Gasteiger charge is -2.12. The molecule has 0 aliphatic carbocycles. The Balaban J connectivity index is 2.78. The number of hydrogen-bond acceptors (Lipinski definition) is 7. The molecule has 150 valence electrons. The maximum absolute atomic E-state index is 14.7. The molecule has 2 aromatic rings. The van der Waals surface area contributed by atoms with E-state index in [9.17, 15) is 18.7 Å². The van der Waals surface area contributed by atoms with E-state index in [1.807, 2.05) is 0 Å². The van der Waals surface area contributed by atoms with Gasteiger partial charge in [-0.25, -0.2) is 18.6 Å². The number of phenolic OH excluding ortho intramolecular Hbond substituents is 1. The first-order chi connectivity index (χ1) is 13.8. The third-order valence-electron chi connectivity index (χ3n) is 3.60. The summed E-state index contributed by atoms with van der Waals surface area (Å²) in [7, 11) is 2.44. The third-order valence-corrected chi connectivity index (χ3v) is 4.27. The van der Waals surface area contributed by atoms with Crippen LogP contribution in [0.2, 0.25) is 0 Å². The molecule has 1 amide bonds. The zero-order valence-corrected chi connectivity index (χ0v) is 16.4. The number of phenols is 1. The molecule has 0 atom stereocenters. The number of benzene rings is 2. The summed E-state index contributed by atoms with van der Waals surface area (Å²) in [5, 5.41) is 18.7. The minimum atomic E-state index is -1.04. The Morgan fingerprint density at radius 3 is 2.52 bits per heavy atom. The number of carbonyl (C=O) groups is 1. The lowest BCUT2D eigenvalue weighted by atomic mass is 10.1. The quantitative estimate of drug-likeness (QED) is 0.588. The first kappa shape index (κ1) is 21.8. The zero-order valence-electron chi connectivity index (χ0n) is 15.6. The average Bonchev–Trinajstić information content (AvgIpc) is 2.72. The highest BCUT2D eigenvalue weighted by Crippen LogP contribution is 2.29. The van der Waals surface area contributed by atoms with E-state index >= 15 is 0 Å². The summed E-state index contributed by atoms with van der Waals surface area (Å²) in [6.07, 6.45) is 0.606. The van der Waals surface area contributed by atoms with Crippen LogP contribution in [-0.2, 0) is 4.74 Å². The molecule has 2 rings (SSSR count). The Morgan fingerprint density at radius 2 is 1.97 bits per heavy atom. The van der Waals surface area contributed by atoms with E-state index in [1.54, 1.807) is 12.3 Å². The van der Waals surface area contributed by atoms with Crippen LogP contribution in [0.1, 0.15) is 11.1 Å². The number of methoxy groups -OCH3 is 2. The van der Waals surface area contributed by atoms with Gasteiger partial charge in [-0.3, -0.25) is 0 Å². The smallest absolute Gasteiger partial charge is 0.434 e. The minimum absolute atomic E-state index is 0.0322. The molecule has 0 fully saturated rings. The summed E-state index contributed by atoms with van der Waals surface area (Å²) >= 11 is 0.959. The molecule has 0 bridgehead atoms. The Kier molecular flexibility index (Phi) is 7.27. The average molecular weight is 419 g/mol. The molecule has 0 spiro atoms. The summed E-state index contributed by atoms with van der Waals surface area (Å²) in [6.45, 7) is 0. The Labute approximate surface area is 169 Å². The summed E-state index contributed by atoms with van der Waals surface area (Å²) in [6, 6.07) is 7.53.